The van der Waals surface area contributed by atoms with Gasteiger partial charge < -0.3 is 5.11 Å². The molecule has 2 atom stereocenters. The van der Waals surface area contributed by atoms with Crippen molar-refractivity contribution in [1.82, 2.24) is 4.90 Å². The van der Waals surface area contributed by atoms with E-state index in [2.05, 4.69) is 18.4 Å². The lowest BCUT2D eigenvalue weighted by molar-refractivity contribution is 0.103. The fraction of sp³-hybridized carbons (Fsp3) is 0.818. The van der Waals surface area contributed by atoms with Crippen molar-refractivity contribution in [3.05, 3.63) is 12.2 Å². The standard InChI is InChI=1S/C11H21NO/c1-9(2)11(8-13)12-6-4-5-10(3)7-12/h10-11,13H,1,4-8H2,2-3H3/t10-,11?/m0/s1. The van der Waals surface area contributed by atoms with Crippen molar-refractivity contribution >= 4 is 0 Å². The maximum absolute atomic E-state index is 9.23. The van der Waals surface area contributed by atoms with E-state index in [9.17, 15) is 5.11 Å². The summed E-state index contributed by atoms with van der Waals surface area (Å²) < 4.78 is 0. The van der Waals surface area contributed by atoms with Gasteiger partial charge in [-0.05, 0) is 32.2 Å². The number of rotatable bonds is 3. The first kappa shape index (κ1) is 10.7. The van der Waals surface area contributed by atoms with E-state index in [1.807, 2.05) is 6.92 Å². The second kappa shape index (κ2) is 4.77. The van der Waals surface area contributed by atoms with Crippen LogP contribution in [0.2, 0.25) is 0 Å². The summed E-state index contributed by atoms with van der Waals surface area (Å²) in [6.45, 7) is 10.6. The number of aliphatic hydroxyl groups is 1. The quantitative estimate of drug-likeness (QED) is 0.673. The van der Waals surface area contributed by atoms with Crippen LogP contribution < -0.4 is 0 Å². The van der Waals surface area contributed by atoms with Crippen molar-refractivity contribution in [2.75, 3.05) is 19.7 Å². The zero-order chi connectivity index (χ0) is 9.84. The van der Waals surface area contributed by atoms with Crippen LogP contribution in [0.15, 0.2) is 12.2 Å². The SMILES string of the molecule is C=C(C)C(CO)N1CCC[C@H](C)C1. The van der Waals surface area contributed by atoms with Crippen LogP contribution >= 0.6 is 0 Å². The highest BCUT2D eigenvalue weighted by molar-refractivity contribution is 5.03. The Morgan fingerprint density at radius 3 is 2.85 bits per heavy atom. The summed E-state index contributed by atoms with van der Waals surface area (Å²) in [6.07, 6.45) is 2.58. The molecule has 0 saturated carbocycles. The van der Waals surface area contributed by atoms with Gasteiger partial charge in [0.1, 0.15) is 0 Å². The molecule has 0 aromatic heterocycles. The molecule has 0 aromatic carbocycles. The average molecular weight is 183 g/mol. The second-order valence-corrected chi connectivity index (χ2v) is 4.29. The van der Waals surface area contributed by atoms with Crippen molar-refractivity contribution in [2.45, 2.75) is 32.7 Å². The molecule has 0 aliphatic carbocycles. The molecule has 2 heteroatoms. The molecular weight excluding hydrogens is 162 g/mol. The van der Waals surface area contributed by atoms with E-state index < -0.39 is 0 Å². The number of likely N-dealkylation sites (tertiary alicyclic amines) is 1. The van der Waals surface area contributed by atoms with Crippen molar-refractivity contribution in [1.29, 1.82) is 0 Å². The molecule has 13 heavy (non-hydrogen) atoms. The molecule has 1 unspecified atom stereocenters. The summed E-state index contributed by atoms with van der Waals surface area (Å²) in [6, 6.07) is 0.183. The summed E-state index contributed by atoms with van der Waals surface area (Å²) in [5, 5.41) is 9.23. The largest absolute Gasteiger partial charge is 0.394 e. The van der Waals surface area contributed by atoms with E-state index in [1.165, 1.54) is 12.8 Å². The molecule has 1 aliphatic heterocycles. The molecule has 0 spiro atoms. The monoisotopic (exact) mass is 183 g/mol. The molecule has 1 aliphatic rings. The third-order valence-electron chi connectivity index (χ3n) is 2.87. The Hall–Kier alpha value is -0.340. The number of piperidine rings is 1. The van der Waals surface area contributed by atoms with Crippen molar-refractivity contribution in [3.8, 4) is 0 Å². The van der Waals surface area contributed by atoms with E-state index in [0.717, 1.165) is 24.6 Å². The van der Waals surface area contributed by atoms with Gasteiger partial charge in [0.05, 0.1) is 12.6 Å². The van der Waals surface area contributed by atoms with Gasteiger partial charge in [-0.2, -0.15) is 0 Å². The lowest BCUT2D eigenvalue weighted by atomic mass is 9.97. The van der Waals surface area contributed by atoms with Gasteiger partial charge in [0, 0.05) is 6.54 Å². The maximum atomic E-state index is 9.23. The number of hydrogen-bond donors (Lipinski definition) is 1. The van der Waals surface area contributed by atoms with Crippen LogP contribution in [0.3, 0.4) is 0 Å². The van der Waals surface area contributed by atoms with Crippen molar-refractivity contribution in [2.24, 2.45) is 5.92 Å². The molecular formula is C11H21NO. The Balaban J connectivity index is 2.52. The van der Waals surface area contributed by atoms with Crippen LogP contribution in [0.5, 0.6) is 0 Å². The van der Waals surface area contributed by atoms with Gasteiger partial charge in [-0.3, -0.25) is 4.90 Å². The number of nitrogens with zero attached hydrogens (tertiary/aromatic N) is 1. The third kappa shape index (κ3) is 2.82. The lowest BCUT2D eigenvalue weighted by Gasteiger charge is -2.36. The van der Waals surface area contributed by atoms with E-state index in [0.29, 0.717) is 0 Å². The molecule has 2 nitrogen and oxygen atoms in total. The van der Waals surface area contributed by atoms with Crippen LogP contribution in [0, 0.1) is 5.92 Å². The van der Waals surface area contributed by atoms with Crippen LogP contribution in [0.1, 0.15) is 26.7 Å². The fourth-order valence-electron chi connectivity index (χ4n) is 2.09. The minimum absolute atomic E-state index is 0.183. The number of aliphatic hydroxyl groups excluding tert-OH is 1. The van der Waals surface area contributed by atoms with Crippen LogP contribution in [-0.2, 0) is 0 Å². The van der Waals surface area contributed by atoms with Crippen LogP contribution in [-0.4, -0.2) is 35.7 Å². The fourth-order valence-corrected chi connectivity index (χ4v) is 2.09. The minimum atomic E-state index is 0.183. The van der Waals surface area contributed by atoms with Gasteiger partial charge >= 0.3 is 0 Å². The van der Waals surface area contributed by atoms with Crippen molar-refractivity contribution < 1.29 is 5.11 Å². The molecule has 1 saturated heterocycles. The summed E-state index contributed by atoms with van der Waals surface area (Å²) in [5.74, 6) is 0.766. The smallest absolute Gasteiger partial charge is 0.0625 e. The topological polar surface area (TPSA) is 23.5 Å². The molecule has 1 fully saturated rings. The Labute approximate surface area is 81.2 Å². The van der Waals surface area contributed by atoms with E-state index in [-0.39, 0.29) is 12.6 Å². The predicted octanol–water partition coefficient (Wildman–Crippen LogP) is 1.66. The van der Waals surface area contributed by atoms with Crippen LogP contribution in [0.4, 0.5) is 0 Å². The molecule has 1 N–H and O–H groups in total. The summed E-state index contributed by atoms with van der Waals surface area (Å²) >= 11 is 0. The Morgan fingerprint density at radius 1 is 1.69 bits per heavy atom. The molecule has 1 rings (SSSR count). The highest BCUT2D eigenvalue weighted by Crippen LogP contribution is 2.19. The highest BCUT2D eigenvalue weighted by Gasteiger charge is 2.23. The van der Waals surface area contributed by atoms with Crippen LogP contribution in [0.25, 0.3) is 0 Å². The molecule has 1 heterocycles. The van der Waals surface area contributed by atoms with E-state index in [1.54, 1.807) is 0 Å². The second-order valence-electron chi connectivity index (χ2n) is 4.29. The predicted molar refractivity (Wildman–Crippen MR) is 55.7 cm³/mol. The van der Waals surface area contributed by atoms with E-state index >= 15 is 0 Å². The zero-order valence-electron chi connectivity index (χ0n) is 8.79. The normalized spacial score (nSPS) is 27.2. The van der Waals surface area contributed by atoms with Gasteiger partial charge in [-0.15, -0.1) is 0 Å². The first-order valence-corrected chi connectivity index (χ1v) is 5.15. The molecule has 0 amide bonds. The summed E-state index contributed by atoms with van der Waals surface area (Å²) in [7, 11) is 0. The Kier molecular flexibility index (Phi) is 3.94. The highest BCUT2D eigenvalue weighted by atomic mass is 16.3. The van der Waals surface area contributed by atoms with Gasteiger partial charge in [-0.1, -0.05) is 19.1 Å². The first-order valence-electron chi connectivity index (χ1n) is 5.15. The molecule has 0 aromatic rings. The maximum Gasteiger partial charge on any atom is 0.0625 e. The van der Waals surface area contributed by atoms with Gasteiger partial charge in [-0.25, -0.2) is 0 Å². The van der Waals surface area contributed by atoms with Gasteiger partial charge in [0.25, 0.3) is 0 Å². The Morgan fingerprint density at radius 2 is 2.38 bits per heavy atom. The molecule has 0 bridgehead atoms. The first-order chi connectivity index (χ1) is 6.15. The van der Waals surface area contributed by atoms with Gasteiger partial charge in [0.15, 0.2) is 0 Å². The number of hydrogen-bond acceptors (Lipinski definition) is 2. The lowest BCUT2D eigenvalue weighted by Crippen LogP contribution is -2.44. The average Bonchev–Trinajstić information content (AvgIpc) is 2.04. The van der Waals surface area contributed by atoms with Crippen molar-refractivity contribution in [3.63, 3.8) is 0 Å². The molecule has 76 valence electrons. The molecule has 0 radical (unpaired) electrons. The third-order valence-corrected chi connectivity index (χ3v) is 2.87. The minimum Gasteiger partial charge on any atom is -0.394 e. The zero-order valence-corrected chi connectivity index (χ0v) is 8.79. The van der Waals surface area contributed by atoms with E-state index in [4.69, 9.17) is 0 Å². The summed E-state index contributed by atoms with van der Waals surface area (Å²) in [5.41, 5.74) is 1.08. The summed E-state index contributed by atoms with van der Waals surface area (Å²) in [4.78, 5) is 2.36. The van der Waals surface area contributed by atoms with Gasteiger partial charge in [0.2, 0.25) is 0 Å². The Bertz CT molecular complexity index is 179.